The van der Waals surface area contributed by atoms with Crippen LogP contribution in [0.15, 0.2) is 176 Å². The topological polar surface area (TPSA) is 8.17 Å². The molecule has 1 heterocycles. The minimum atomic E-state index is 1.10. The lowest BCUT2D eigenvalue weighted by Crippen LogP contribution is -2.11. The molecule has 0 bridgehead atoms. The Kier molecular flexibility index (Phi) is 7.21. The first-order valence-electron chi connectivity index (χ1n) is 17.2. The van der Waals surface area contributed by atoms with Crippen molar-refractivity contribution in [3.8, 4) is 16.8 Å². The lowest BCUT2D eigenvalue weighted by molar-refractivity contribution is 1.04. The second-order valence-electron chi connectivity index (χ2n) is 13.0. The van der Waals surface area contributed by atoms with Crippen molar-refractivity contribution in [1.82, 2.24) is 4.57 Å². The monoisotopic (exact) mass is 628 g/mol. The number of para-hydroxylation sites is 2. The molecule has 7 aromatic carbocycles. The van der Waals surface area contributed by atoms with Gasteiger partial charge in [0.25, 0.3) is 0 Å². The highest BCUT2D eigenvalue weighted by Gasteiger charge is 2.17. The zero-order chi connectivity index (χ0) is 32.7. The van der Waals surface area contributed by atoms with Crippen LogP contribution in [0.25, 0.3) is 55.0 Å². The second kappa shape index (κ2) is 12.2. The van der Waals surface area contributed by atoms with Gasteiger partial charge in [0.2, 0.25) is 0 Å². The maximum absolute atomic E-state index is 2.41. The molecule has 2 heteroatoms. The van der Waals surface area contributed by atoms with Gasteiger partial charge in [-0.15, -0.1) is 0 Å². The third-order valence-electron chi connectivity index (χ3n) is 9.91. The standard InChI is InChI=1S/C47H36N2/c1-33-12-5-9-20-45(33)48(42-28-24-35-15-6-7-16-37(35)31-42)40-26-22-36(23-27-40)39-25-29-47-44(32-39)43-19-8-10-21-46(43)49(47)41-18-11-17-38(30-41)34-13-3-2-4-14-34/h3,5-32H,2,4H2,1H3. The molecule has 0 unspecified atom stereocenters. The highest BCUT2D eigenvalue weighted by atomic mass is 15.1. The summed E-state index contributed by atoms with van der Waals surface area (Å²) in [7, 11) is 0. The number of fused-ring (bicyclic) bond motifs is 4. The van der Waals surface area contributed by atoms with E-state index in [1.54, 1.807) is 0 Å². The van der Waals surface area contributed by atoms with E-state index in [0.717, 1.165) is 24.2 Å². The molecular formula is C47H36N2. The fourth-order valence-electron chi connectivity index (χ4n) is 7.44. The minimum absolute atomic E-state index is 1.10. The van der Waals surface area contributed by atoms with Crippen LogP contribution >= 0.6 is 0 Å². The van der Waals surface area contributed by atoms with E-state index in [2.05, 4.69) is 192 Å². The van der Waals surface area contributed by atoms with Crippen molar-refractivity contribution in [3.63, 3.8) is 0 Å². The molecule has 0 fully saturated rings. The zero-order valence-electron chi connectivity index (χ0n) is 27.6. The van der Waals surface area contributed by atoms with Crippen LogP contribution in [0.4, 0.5) is 17.1 Å². The van der Waals surface area contributed by atoms with Crippen molar-refractivity contribution in [3.05, 3.63) is 187 Å². The number of benzene rings is 7. The van der Waals surface area contributed by atoms with Crippen LogP contribution in [0.5, 0.6) is 0 Å². The molecule has 0 N–H and O–H groups in total. The third kappa shape index (κ3) is 5.23. The van der Waals surface area contributed by atoms with Gasteiger partial charge in [-0.2, -0.15) is 0 Å². The molecule has 0 aliphatic heterocycles. The van der Waals surface area contributed by atoms with Crippen LogP contribution in [0, 0.1) is 6.92 Å². The van der Waals surface area contributed by atoms with E-state index in [0.29, 0.717) is 0 Å². The maximum atomic E-state index is 2.41. The minimum Gasteiger partial charge on any atom is -0.310 e. The molecule has 1 aliphatic rings. The number of aromatic nitrogens is 1. The van der Waals surface area contributed by atoms with E-state index in [9.17, 15) is 0 Å². The predicted molar refractivity (Wildman–Crippen MR) is 209 cm³/mol. The van der Waals surface area contributed by atoms with E-state index < -0.39 is 0 Å². The SMILES string of the molecule is Cc1ccccc1N(c1ccc(-c2ccc3c(c2)c2ccccc2n3-c2cccc(C3=CCCC=C3)c2)cc1)c1ccc2ccccc2c1. The highest BCUT2D eigenvalue weighted by molar-refractivity contribution is 6.10. The number of anilines is 3. The van der Waals surface area contributed by atoms with Crippen molar-refractivity contribution in [2.75, 3.05) is 4.90 Å². The van der Waals surface area contributed by atoms with Gasteiger partial charge in [-0.3, -0.25) is 0 Å². The first kappa shape index (κ1) is 29.1. The Balaban J connectivity index is 1.12. The van der Waals surface area contributed by atoms with Gasteiger partial charge in [-0.05, 0) is 119 Å². The Morgan fingerprint density at radius 2 is 1.27 bits per heavy atom. The number of allylic oxidation sites excluding steroid dienone is 4. The second-order valence-corrected chi connectivity index (χ2v) is 13.0. The van der Waals surface area contributed by atoms with Gasteiger partial charge < -0.3 is 9.47 Å². The Morgan fingerprint density at radius 3 is 2.12 bits per heavy atom. The van der Waals surface area contributed by atoms with E-state index in [4.69, 9.17) is 0 Å². The van der Waals surface area contributed by atoms with Gasteiger partial charge in [-0.1, -0.05) is 115 Å². The van der Waals surface area contributed by atoms with E-state index in [-0.39, 0.29) is 0 Å². The van der Waals surface area contributed by atoms with Crippen molar-refractivity contribution in [1.29, 1.82) is 0 Å². The Morgan fingerprint density at radius 1 is 0.510 bits per heavy atom. The van der Waals surface area contributed by atoms with Gasteiger partial charge in [0.05, 0.1) is 11.0 Å². The van der Waals surface area contributed by atoms with Gasteiger partial charge in [0.15, 0.2) is 0 Å². The molecule has 1 aliphatic carbocycles. The normalized spacial score (nSPS) is 12.9. The van der Waals surface area contributed by atoms with Crippen LogP contribution in [-0.4, -0.2) is 4.57 Å². The number of rotatable bonds is 6. The summed E-state index contributed by atoms with van der Waals surface area (Å²) in [6, 6.07) is 57.6. The molecule has 0 amide bonds. The van der Waals surface area contributed by atoms with Crippen LogP contribution in [0.2, 0.25) is 0 Å². The Bertz CT molecular complexity index is 2560. The molecule has 1 aromatic heterocycles. The van der Waals surface area contributed by atoms with Gasteiger partial charge in [0, 0.05) is 33.5 Å². The molecule has 49 heavy (non-hydrogen) atoms. The summed E-state index contributed by atoms with van der Waals surface area (Å²) >= 11 is 0. The zero-order valence-corrected chi connectivity index (χ0v) is 27.6. The maximum Gasteiger partial charge on any atom is 0.0541 e. The lowest BCUT2D eigenvalue weighted by atomic mass is 9.99. The smallest absolute Gasteiger partial charge is 0.0541 e. The number of hydrogen-bond acceptors (Lipinski definition) is 1. The molecule has 0 saturated heterocycles. The summed E-state index contributed by atoms with van der Waals surface area (Å²) in [4.78, 5) is 2.37. The Labute approximate surface area is 287 Å². The first-order chi connectivity index (χ1) is 24.2. The summed E-state index contributed by atoms with van der Waals surface area (Å²) in [5, 5.41) is 5.00. The van der Waals surface area contributed by atoms with Crippen molar-refractivity contribution in [2.24, 2.45) is 0 Å². The molecule has 0 radical (unpaired) electrons. The summed E-state index contributed by atoms with van der Waals surface area (Å²) in [6.07, 6.45) is 9.11. The van der Waals surface area contributed by atoms with Crippen molar-refractivity contribution in [2.45, 2.75) is 19.8 Å². The Hall–Kier alpha value is -6.12. The summed E-state index contributed by atoms with van der Waals surface area (Å²) in [5.41, 5.74) is 13.3. The summed E-state index contributed by atoms with van der Waals surface area (Å²) in [5.74, 6) is 0. The molecule has 0 saturated carbocycles. The summed E-state index contributed by atoms with van der Waals surface area (Å²) in [6.45, 7) is 2.18. The fraction of sp³-hybridized carbons (Fsp3) is 0.0638. The molecule has 2 nitrogen and oxygen atoms in total. The molecule has 0 atom stereocenters. The van der Waals surface area contributed by atoms with Gasteiger partial charge in [0.1, 0.15) is 0 Å². The third-order valence-corrected chi connectivity index (χ3v) is 9.91. The number of nitrogens with zero attached hydrogens (tertiary/aromatic N) is 2. The molecular weight excluding hydrogens is 593 g/mol. The van der Waals surface area contributed by atoms with Crippen molar-refractivity contribution < 1.29 is 0 Å². The van der Waals surface area contributed by atoms with E-state index >= 15 is 0 Å². The van der Waals surface area contributed by atoms with E-state index in [1.807, 2.05) is 0 Å². The number of hydrogen-bond donors (Lipinski definition) is 0. The average Bonchev–Trinajstić information content (AvgIpc) is 3.50. The van der Waals surface area contributed by atoms with Gasteiger partial charge in [-0.25, -0.2) is 0 Å². The quantitative estimate of drug-likeness (QED) is 0.178. The average molecular weight is 629 g/mol. The predicted octanol–water partition coefficient (Wildman–Crippen LogP) is 13.1. The van der Waals surface area contributed by atoms with Gasteiger partial charge >= 0.3 is 0 Å². The largest absolute Gasteiger partial charge is 0.310 e. The van der Waals surface area contributed by atoms with Crippen LogP contribution in [0.3, 0.4) is 0 Å². The van der Waals surface area contributed by atoms with Crippen LogP contribution in [0.1, 0.15) is 24.0 Å². The molecule has 8 aromatic rings. The van der Waals surface area contributed by atoms with Crippen LogP contribution in [-0.2, 0) is 0 Å². The van der Waals surface area contributed by atoms with Crippen molar-refractivity contribution >= 4 is 55.2 Å². The van der Waals surface area contributed by atoms with E-state index in [1.165, 1.54) is 71.8 Å². The molecule has 234 valence electrons. The lowest BCUT2D eigenvalue weighted by Gasteiger charge is -2.27. The fourth-order valence-corrected chi connectivity index (χ4v) is 7.44. The number of aryl methyl sites for hydroxylation is 1. The highest BCUT2D eigenvalue weighted by Crippen LogP contribution is 2.40. The molecule has 9 rings (SSSR count). The molecule has 0 spiro atoms. The summed E-state index contributed by atoms with van der Waals surface area (Å²) < 4.78 is 2.41. The first-order valence-corrected chi connectivity index (χ1v) is 17.2. The van der Waals surface area contributed by atoms with Crippen LogP contribution < -0.4 is 4.90 Å².